The van der Waals surface area contributed by atoms with Gasteiger partial charge in [0.2, 0.25) is 5.95 Å². The van der Waals surface area contributed by atoms with Crippen LogP contribution in [-0.4, -0.2) is 63.1 Å². The van der Waals surface area contributed by atoms with E-state index in [2.05, 4.69) is 20.7 Å². The Kier molecular flexibility index (Phi) is 3.43. The van der Waals surface area contributed by atoms with Crippen molar-refractivity contribution >= 4 is 23.3 Å². The largest absolute Gasteiger partial charge is 0.394 e. The maximum Gasteiger partial charge on any atom is 0.241 e. The van der Waals surface area contributed by atoms with Crippen LogP contribution < -0.4 is 27.2 Å². The van der Waals surface area contributed by atoms with E-state index in [1.807, 2.05) is 0 Å². The smallest absolute Gasteiger partial charge is 0.241 e. The summed E-state index contributed by atoms with van der Waals surface area (Å²) in [4.78, 5) is 9.69. The van der Waals surface area contributed by atoms with Crippen LogP contribution in [0, 0.1) is 0 Å². The van der Waals surface area contributed by atoms with Crippen LogP contribution >= 0.6 is 0 Å². The van der Waals surface area contributed by atoms with E-state index in [9.17, 15) is 10.2 Å². The normalized spacial score (nSPS) is 31.1. The predicted molar refractivity (Wildman–Crippen MR) is 73.0 cm³/mol. The summed E-state index contributed by atoms with van der Waals surface area (Å²) in [6, 6.07) is 0. The Morgan fingerprint density at radius 2 is 2.14 bits per heavy atom. The molecule has 116 valence electrons. The molecule has 0 bridgehead atoms. The third-order valence-corrected chi connectivity index (χ3v) is 3.57. The minimum atomic E-state index is -1.19. The van der Waals surface area contributed by atoms with Gasteiger partial charge in [-0.05, 0) is 0 Å². The number of hydrogen-bond donors (Lipinski definition) is 7. The number of anilines is 4. The molecule has 1 fully saturated rings. The van der Waals surface area contributed by atoms with Crippen molar-refractivity contribution in [3.63, 3.8) is 0 Å². The van der Waals surface area contributed by atoms with E-state index in [-0.39, 0.29) is 18.4 Å². The van der Waals surface area contributed by atoms with Crippen LogP contribution in [-0.2, 0) is 4.74 Å². The number of nitrogens with one attached hydrogen (secondary N) is 2. The molecule has 2 aliphatic heterocycles. The summed E-state index contributed by atoms with van der Waals surface area (Å²) in [5.41, 5.74) is 8.59. The van der Waals surface area contributed by atoms with Gasteiger partial charge in [0.15, 0.2) is 17.9 Å². The van der Waals surface area contributed by atoms with E-state index < -0.39 is 31.1 Å². The van der Waals surface area contributed by atoms with Gasteiger partial charge < -0.3 is 36.0 Å². The first-order valence-corrected chi connectivity index (χ1v) is 6.34. The third-order valence-electron chi connectivity index (χ3n) is 3.57. The number of nitrogen functional groups attached to an aromatic ring is 2. The Morgan fingerprint density at radius 1 is 1.38 bits per heavy atom. The average Bonchev–Trinajstić information content (AvgIpc) is 3.02. The number of aliphatic hydroxyl groups is 3. The number of nitrogens with zero attached hydrogens (tertiary/aromatic N) is 3. The lowest BCUT2D eigenvalue weighted by Crippen LogP contribution is -2.44. The molecule has 2 aliphatic rings. The van der Waals surface area contributed by atoms with Crippen molar-refractivity contribution in [2.75, 3.05) is 34.7 Å². The predicted octanol–water partition coefficient (Wildman–Crippen LogP) is -3.03. The van der Waals surface area contributed by atoms with Crippen LogP contribution in [0.1, 0.15) is 0 Å². The van der Waals surface area contributed by atoms with Gasteiger partial charge in [-0.1, -0.05) is 0 Å². The van der Waals surface area contributed by atoms with Crippen LogP contribution in [0.2, 0.25) is 0 Å². The van der Waals surface area contributed by atoms with Gasteiger partial charge in [-0.25, -0.2) is 5.84 Å². The highest BCUT2D eigenvalue weighted by Crippen LogP contribution is 2.38. The Hall–Kier alpha value is -1.92. The number of rotatable bonds is 3. The molecule has 11 heteroatoms. The van der Waals surface area contributed by atoms with Gasteiger partial charge in [0.1, 0.15) is 24.0 Å². The first kappa shape index (κ1) is 14.0. The van der Waals surface area contributed by atoms with Crippen molar-refractivity contribution < 1.29 is 20.1 Å². The highest BCUT2D eigenvalue weighted by atomic mass is 16.6. The molecular formula is C10H17N7O4. The maximum absolute atomic E-state index is 10.1. The second-order valence-electron chi connectivity index (χ2n) is 4.81. The molecule has 9 N–H and O–H groups in total. The van der Waals surface area contributed by atoms with Crippen molar-refractivity contribution in [3.05, 3.63) is 0 Å². The van der Waals surface area contributed by atoms with E-state index in [0.29, 0.717) is 11.5 Å². The minimum Gasteiger partial charge on any atom is -0.394 e. The van der Waals surface area contributed by atoms with Crippen molar-refractivity contribution in [3.8, 4) is 0 Å². The fourth-order valence-electron chi connectivity index (χ4n) is 2.49. The Labute approximate surface area is 119 Å². The molecule has 0 aliphatic carbocycles. The van der Waals surface area contributed by atoms with Gasteiger partial charge in [0, 0.05) is 0 Å². The number of aliphatic hydroxyl groups excluding tert-OH is 3. The average molecular weight is 299 g/mol. The zero-order valence-corrected chi connectivity index (χ0v) is 11.0. The van der Waals surface area contributed by atoms with Crippen LogP contribution in [0.3, 0.4) is 0 Å². The van der Waals surface area contributed by atoms with Gasteiger partial charge in [0.25, 0.3) is 0 Å². The highest BCUT2D eigenvalue weighted by molar-refractivity contribution is 5.81. The van der Waals surface area contributed by atoms with Crippen LogP contribution in [0.4, 0.5) is 23.3 Å². The summed E-state index contributed by atoms with van der Waals surface area (Å²) in [6.07, 6.45) is -4.11. The first-order chi connectivity index (χ1) is 10.1. The third kappa shape index (κ3) is 2.11. The molecule has 2 unspecified atom stereocenters. The molecule has 0 radical (unpaired) electrons. The molecule has 4 atom stereocenters. The van der Waals surface area contributed by atoms with Crippen molar-refractivity contribution in [1.29, 1.82) is 0 Å². The molecule has 0 aromatic carbocycles. The standard InChI is InChI=1S/C10H17N7O4/c11-7-4-8(15-10(14-7)16-12)17(2-13-4)9-6(20)5(19)3(1-18)21-9/h3,5-6,9,13,18-20H,1-2,12H2,(H3,11,14,15,16)/t3?,5-,6-,9?/m1/s1. The SMILES string of the molecule is NNc1nc(N)c2c(n1)N(C1OC(CO)[C@@H](O)[C@H]1O)CN2. The van der Waals surface area contributed by atoms with Gasteiger partial charge in [-0.15, -0.1) is 0 Å². The summed E-state index contributed by atoms with van der Waals surface area (Å²) in [6.45, 7) is -0.140. The molecule has 11 nitrogen and oxygen atoms in total. The lowest BCUT2D eigenvalue weighted by Gasteiger charge is -2.26. The topological polar surface area (TPSA) is 175 Å². The molecule has 3 heterocycles. The molecule has 1 aromatic heterocycles. The fourth-order valence-corrected chi connectivity index (χ4v) is 2.49. The Morgan fingerprint density at radius 3 is 2.76 bits per heavy atom. The molecule has 1 aromatic rings. The second kappa shape index (κ2) is 5.13. The van der Waals surface area contributed by atoms with E-state index >= 15 is 0 Å². The number of fused-ring (bicyclic) bond motifs is 1. The van der Waals surface area contributed by atoms with Crippen LogP contribution in [0.25, 0.3) is 0 Å². The Balaban J connectivity index is 1.92. The molecule has 3 rings (SSSR count). The molecule has 0 saturated carbocycles. The zero-order valence-electron chi connectivity index (χ0n) is 11.0. The van der Waals surface area contributed by atoms with E-state index in [1.54, 1.807) is 4.90 Å². The summed E-state index contributed by atoms with van der Waals surface area (Å²) in [5.74, 6) is 5.99. The van der Waals surface area contributed by atoms with Crippen LogP contribution in [0.5, 0.6) is 0 Å². The number of ether oxygens (including phenoxy) is 1. The molecule has 1 saturated heterocycles. The molecular weight excluding hydrogens is 282 g/mol. The van der Waals surface area contributed by atoms with Crippen molar-refractivity contribution in [2.45, 2.75) is 24.5 Å². The van der Waals surface area contributed by atoms with E-state index in [4.69, 9.17) is 21.4 Å². The van der Waals surface area contributed by atoms with E-state index in [1.165, 1.54) is 0 Å². The molecule has 21 heavy (non-hydrogen) atoms. The van der Waals surface area contributed by atoms with Gasteiger partial charge in [-0.3, -0.25) is 5.43 Å². The second-order valence-corrected chi connectivity index (χ2v) is 4.81. The number of hydrazine groups is 1. The lowest BCUT2D eigenvalue weighted by atomic mass is 10.1. The van der Waals surface area contributed by atoms with Gasteiger partial charge in [-0.2, -0.15) is 9.97 Å². The van der Waals surface area contributed by atoms with E-state index in [0.717, 1.165) is 0 Å². The summed E-state index contributed by atoms with van der Waals surface area (Å²) in [5, 5.41) is 32.0. The summed E-state index contributed by atoms with van der Waals surface area (Å²) < 4.78 is 5.47. The number of aromatic nitrogens is 2. The quantitative estimate of drug-likeness (QED) is 0.223. The first-order valence-electron chi connectivity index (χ1n) is 6.34. The fraction of sp³-hybridized carbons (Fsp3) is 0.600. The Bertz CT molecular complexity index is 544. The maximum atomic E-state index is 10.1. The number of hydrogen-bond acceptors (Lipinski definition) is 11. The summed E-state index contributed by atoms with van der Waals surface area (Å²) >= 11 is 0. The summed E-state index contributed by atoms with van der Waals surface area (Å²) in [7, 11) is 0. The molecule has 0 amide bonds. The van der Waals surface area contributed by atoms with Gasteiger partial charge in [0.05, 0.1) is 13.3 Å². The monoisotopic (exact) mass is 299 g/mol. The highest BCUT2D eigenvalue weighted by Gasteiger charge is 2.47. The van der Waals surface area contributed by atoms with Gasteiger partial charge >= 0.3 is 0 Å². The molecule has 0 spiro atoms. The minimum absolute atomic E-state index is 0.117. The van der Waals surface area contributed by atoms with Crippen molar-refractivity contribution in [2.24, 2.45) is 5.84 Å². The van der Waals surface area contributed by atoms with Crippen LogP contribution in [0.15, 0.2) is 0 Å². The van der Waals surface area contributed by atoms with Crippen molar-refractivity contribution in [1.82, 2.24) is 9.97 Å². The number of nitrogens with two attached hydrogens (primary N) is 2. The lowest BCUT2D eigenvalue weighted by molar-refractivity contribution is -0.0219. The zero-order chi connectivity index (χ0) is 15.1.